The fraction of sp³-hybridized carbons (Fsp3) is 0.615. The Morgan fingerprint density at radius 1 is 1.47 bits per heavy atom. The quantitative estimate of drug-likeness (QED) is 0.683. The zero-order valence-corrected chi connectivity index (χ0v) is 10.7. The minimum atomic E-state index is 0.152. The molecule has 0 radical (unpaired) electrons. The van der Waals surface area contributed by atoms with Crippen LogP contribution >= 0.6 is 0 Å². The fourth-order valence-corrected chi connectivity index (χ4v) is 2.04. The summed E-state index contributed by atoms with van der Waals surface area (Å²) in [6, 6.07) is 0.462. The van der Waals surface area contributed by atoms with Gasteiger partial charge in [0.05, 0.1) is 6.54 Å². The fourth-order valence-electron chi connectivity index (χ4n) is 2.04. The van der Waals surface area contributed by atoms with Gasteiger partial charge >= 0.3 is 0 Å². The normalized spacial score (nSPS) is 20.9. The lowest BCUT2D eigenvalue weighted by Crippen LogP contribution is -2.52. The van der Waals surface area contributed by atoms with Gasteiger partial charge in [-0.25, -0.2) is 0 Å². The Hall–Kier alpha value is -1.13. The lowest BCUT2D eigenvalue weighted by molar-refractivity contribution is -0.131. The molecule has 1 fully saturated rings. The average molecular weight is 237 g/mol. The van der Waals surface area contributed by atoms with E-state index in [1.54, 1.807) is 17.1 Å². The van der Waals surface area contributed by atoms with Crippen LogP contribution in [0, 0.1) is 0 Å². The van der Waals surface area contributed by atoms with Gasteiger partial charge < -0.3 is 10.2 Å². The Bertz CT molecular complexity index is 268. The number of rotatable bonds is 6. The number of nitrogens with zero attached hydrogens (tertiary/aromatic N) is 2. The lowest BCUT2D eigenvalue weighted by atomic mass is 10.2. The molecule has 96 valence electrons. The van der Waals surface area contributed by atoms with Crippen molar-refractivity contribution >= 4 is 5.91 Å². The second-order valence-electron chi connectivity index (χ2n) is 4.47. The van der Waals surface area contributed by atoms with Crippen LogP contribution in [0.2, 0.25) is 0 Å². The second kappa shape index (κ2) is 7.25. The molecule has 1 heterocycles. The first-order valence-corrected chi connectivity index (χ1v) is 6.12. The molecule has 1 aliphatic rings. The molecule has 0 aliphatic carbocycles. The van der Waals surface area contributed by atoms with Crippen molar-refractivity contribution in [2.45, 2.75) is 13.0 Å². The van der Waals surface area contributed by atoms with E-state index in [1.807, 2.05) is 0 Å². The highest BCUT2D eigenvalue weighted by Crippen LogP contribution is 2.00. The smallest absolute Gasteiger partial charge is 0.237 e. The molecular formula is C13H23N3O. The van der Waals surface area contributed by atoms with E-state index in [9.17, 15) is 4.79 Å². The van der Waals surface area contributed by atoms with E-state index >= 15 is 0 Å². The predicted molar refractivity (Wildman–Crippen MR) is 70.9 cm³/mol. The molecule has 1 saturated heterocycles. The van der Waals surface area contributed by atoms with E-state index in [0.29, 0.717) is 25.7 Å². The maximum absolute atomic E-state index is 12.1. The van der Waals surface area contributed by atoms with Crippen molar-refractivity contribution in [1.29, 1.82) is 0 Å². The summed E-state index contributed by atoms with van der Waals surface area (Å²) >= 11 is 0. The molecule has 1 amide bonds. The first kappa shape index (κ1) is 13.9. The van der Waals surface area contributed by atoms with Crippen molar-refractivity contribution in [1.82, 2.24) is 15.1 Å². The number of carbonyl (C=O) groups excluding carboxylic acids is 1. The van der Waals surface area contributed by atoms with Crippen LogP contribution in [0.15, 0.2) is 25.3 Å². The Kier molecular flexibility index (Phi) is 5.94. The molecule has 4 heteroatoms. The summed E-state index contributed by atoms with van der Waals surface area (Å²) in [5, 5.41) is 3.37. The van der Waals surface area contributed by atoms with E-state index in [-0.39, 0.29) is 5.91 Å². The molecule has 1 aliphatic heterocycles. The molecule has 0 bridgehead atoms. The first-order chi connectivity index (χ1) is 8.17. The van der Waals surface area contributed by atoms with E-state index in [1.165, 1.54) is 0 Å². The minimum absolute atomic E-state index is 0.152. The first-order valence-electron chi connectivity index (χ1n) is 6.12. The molecule has 4 nitrogen and oxygen atoms in total. The monoisotopic (exact) mass is 237 g/mol. The van der Waals surface area contributed by atoms with Crippen LogP contribution in [0.25, 0.3) is 0 Å². The van der Waals surface area contributed by atoms with Crippen LogP contribution in [-0.4, -0.2) is 61.0 Å². The average Bonchev–Trinajstić information content (AvgIpc) is 2.28. The zero-order chi connectivity index (χ0) is 12.7. The van der Waals surface area contributed by atoms with Gasteiger partial charge in [-0.3, -0.25) is 9.69 Å². The predicted octanol–water partition coefficient (Wildman–Crippen LogP) is 0.481. The summed E-state index contributed by atoms with van der Waals surface area (Å²) in [6.07, 6.45) is 3.50. The molecule has 0 aromatic carbocycles. The van der Waals surface area contributed by atoms with Gasteiger partial charge in [-0.05, 0) is 6.92 Å². The van der Waals surface area contributed by atoms with E-state index in [2.05, 4.69) is 30.3 Å². The Labute approximate surface area is 104 Å². The number of amides is 1. The van der Waals surface area contributed by atoms with Gasteiger partial charge in [0.2, 0.25) is 5.91 Å². The number of nitrogens with one attached hydrogen (secondary N) is 1. The van der Waals surface area contributed by atoms with Crippen LogP contribution in [0.1, 0.15) is 6.92 Å². The maximum Gasteiger partial charge on any atom is 0.237 e. The van der Waals surface area contributed by atoms with E-state index in [4.69, 9.17) is 0 Å². The SMILES string of the molecule is C=CCN(CC=C)C(=O)CN1CCN[C@@H](C)C1. The number of carbonyl (C=O) groups is 1. The van der Waals surface area contributed by atoms with Gasteiger partial charge in [0.25, 0.3) is 0 Å². The van der Waals surface area contributed by atoms with Crippen molar-refractivity contribution < 1.29 is 4.79 Å². The third-order valence-electron chi connectivity index (χ3n) is 2.86. The van der Waals surface area contributed by atoms with Gasteiger partial charge in [0.15, 0.2) is 0 Å². The van der Waals surface area contributed by atoms with Crippen molar-refractivity contribution in [3.63, 3.8) is 0 Å². The molecule has 0 aromatic heterocycles. The molecule has 1 atom stereocenters. The zero-order valence-electron chi connectivity index (χ0n) is 10.7. The van der Waals surface area contributed by atoms with Gasteiger partial charge in [-0.15, -0.1) is 13.2 Å². The highest BCUT2D eigenvalue weighted by Gasteiger charge is 2.20. The summed E-state index contributed by atoms with van der Waals surface area (Å²) in [5.41, 5.74) is 0. The number of hydrogen-bond donors (Lipinski definition) is 1. The summed E-state index contributed by atoms with van der Waals surface area (Å²) in [4.78, 5) is 16.0. The minimum Gasteiger partial charge on any atom is -0.334 e. The third-order valence-corrected chi connectivity index (χ3v) is 2.86. The summed E-state index contributed by atoms with van der Waals surface area (Å²) in [6.45, 7) is 14.0. The topological polar surface area (TPSA) is 35.6 Å². The summed E-state index contributed by atoms with van der Waals surface area (Å²) in [7, 11) is 0. The molecule has 17 heavy (non-hydrogen) atoms. The van der Waals surface area contributed by atoms with Crippen LogP contribution in [0.4, 0.5) is 0 Å². The van der Waals surface area contributed by atoms with Crippen LogP contribution in [0.5, 0.6) is 0 Å². The Balaban J connectivity index is 2.44. The van der Waals surface area contributed by atoms with Crippen molar-refractivity contribution in [2.75, 3.05) is 39.3 Å². The van der Waals surface area contributed by atoms with Gasteiger partial charge in [0, 0.05) is 38.8 Å². The highest BCUT2D eigenvalue weighted by molar-refractivity contribution is 5.78. The lowest BCUT2D eigenvalue weighted by Gasteiger charge is -2.32. The number of piperazine rings is 1. The third kappa shape index (κ3) is 4.71. The molecule has 0 unspecified atom stereocenters. The van der Waals surface area contributed by atoms with E-state index in [0.717, 1.165) is 19.6 Å². The Morgan fingerprint density at radius 3 is 2.65 bits per heavy atom. The summed E-state index contributed by atoms with van der Waals surface area (Å²) < 4.78 is 0. The molecule has 1 N–H and O–H groups in total. The van der Waals surface area contributed by atoms with Crippen molar-refractivity contribution in [3.05, 3.63) is 25.3 Å². The maximum atomic E-state index is 12.1. The largest absolute Gasteiger partial charge is 0.334 e. The van der Waals surface area contributed by atoms with Crippen molar-refractivity contribution in [3.8, 4) is 0 Å². The second-order valence-corrected chi connectivity index (χ2v) is 4.47. The molecule has 0 saturated carbocycles. The standard InChI is InChI=1S/C13H23N3O/c1-4-7-16(8-5-2)13(17)11-15-9-6-14-12(3)10-15/h4-5,12,14H,1-2,6-11H2,3H3/t12-/m0/s1. The van der Waals surface area contributed by atoms with Gasteiger partial charge in [0.1, 0.15) is 0 Å². The van der Waals surface area contributed by atoms with Crippen molar-refractivity contribution in [2.24, 2.45) is 0 Å². The van der Waals surface area contributed by atoms with Crippen LogP contribution in [-0.2, 0) is 4.79 Å². The van der Waals surface area contributed by atoms with E-state index < -0.39 is 0 Å². The molecule has 1 rings (SSSR count). The molecule has 0 spiro atoms. The Morgan fingerprint density at radius 2 is 2.12 bits per heavy atom. The molecule has 0 aromatic rings. The van der Waals surface area contributed by atoms with Crippen LogP contribution < -0.4 is 5.32 Å². The van der Waals surface area contributed by atoms with Gasteiger partial charge in [-0.1, -0.05) is 12.2 Å². The highest BCUT2D eigenvalue weighted by atomic mass is 16.2. The van der Waals surface area contributed by atoms with Crippen LogP contribution in [0.3, 0.4) is 0 Å². The van der Waals surface area contributed by atoms with Gasteiger partial charge in [-0.2, -0.15) is 0 Å². The summed E-state index contributed by atoms with van der Waals surface area (Å²) in [5.74, 6) is 0.152. The molecular weight excluding hydrogens is 214 g/mol. The number of hydrogen-bond acceptors (Lipinski definition) is 3.